The Morgan fingerprint density at radius 2 is 2.20 bits per heavy atom. The molecule has 2 aromatic heterocycles. The Balaban J connectivity index is 1.68. The van der Waals surface area contributed by atoms with Gasteiger partial charge in [-0.05, 0) is 36.0 Å². The highest BCUT2D eigenvalue weighted by molar-refractivity contribution is 7.06. The van der Waals surface area contributed by atoms with Crippen LogP contribution in [0.1, 0.15) is 39.9 Å². The highest BCUT2D eigenvalue weighted by Gasteiger charge is 2.33. The Bertz CT molecular complexity index is 1040. The van der Waals surface area contributed by atoms with E-state index in [9.17, 15) is 9.50 Å². The molecule has 8 heteroatoms. The summed E-state index contributed by atoms with van der Waals surface area (Å²) < 4.78 is 20.8. The highest BCUT2D eigenvalue weighted by atomic mass is 32.1. The summed E-state index contributed by atoms with van der Waals surface area (Å²) in [5, 5.41) is 13.8. The van der Waals surface area contributed by atoms with Gasteiger partial charge < -0.3 is 10.8 Å². The maximum absolute atomic E-state index is 14.4. The van der Waals surface area contributed by atoms with E-state index in [0.717, 1.165) is 46.6 Å². The molecule has 5 rings (SSSR count). The van der Waals surface area contributed by atoms with Crippen molar-refractivity contribution in [3.8, 4) is 5.75 Å². The number of fused-ring (bicyclic) bond motifs is 2. The minimum absolute atomic E-state index is 0.0758. The van der Waals surface area contributed by atoms with Crippen LogP contribution < -0.4 is 5.73 Å². The molecule has 3 N–H and O–H groups in total. The quantitative estimate of drug-likeness (QED) is 0.700. The Labute approximate surface area is 146 Å². The average Bonchev–Trinajstić information content (AvgIpc) is 3.13. The second-order valence-corrected chi connectivity index (χ2v) is 7.11. The lowest BCUT2D eigenvalue weighted by Gasteiger charge is -2.22. The first-order valence-corrected chi connectivity index (χ1v) is 8.78. The van der Waals surface area contributed by atoms with Crippen molar-refractivity contribution in [2.45, 2.75) is 25.2 Å². The van der Waals surface area contributed by atoms with Gasteiger partial charge in [-0.1, -0.05) is 12.1 Å². The number of phenolic OH excluding ortho intramolecular Hbond substituents is 1. The monoisotopic (exact) mass is 355 g/mol. The number of nitrogen functional groups attached to an aromatic ring is 1. The first-order chi connectivity index (χ1) is 12.1. The Kier molecular flexibility index (Phi) is 2.99. The number of aromatic nitrogens is 4. The van der Waals surface area contributed by atoms with Gasteiger partial charge in [0, 0.05) is 28.8 Å². The topological polar surface area (TPSA) is 89.8 Å². The summed E-state index contributed by atoms with van der Waals surface area (Å²) in [7, 11) is 0. The Morgan fingerprint density at radius 1 is 1.32 bits per heavy atom. The molecule has 6 nitrogen and oxygen atoms in total. The number of nitrogens with two attached hydrogens (primary N) is 1. The number of aryl methyl sites for hydroxylation is 2. The van der Waals surface area contributed by atoms with Crippen molar-refractivity contribution in [1.82, 2.24) is 19.1 Å². The van der Waals surface area contributed by atoms with E-state index in [2.05, 4.69) is 20.5 Å². The second-order valence-electron chi connectivity index (χ2n) is 6.25. The molecular formula is C17H14FN5OS. The number of halogens is 1. The molecule has 0 amide bonds. The van der Waals surface area contributed by atoms with Gasteiger partial charge in [0.05, 0.1) is 11.4 Å². The van der Waals surface area contributed by atoms with Crippen molar-refractivity contribution >= 4 is 23.2 Å². The standard InChI is InChI=1S/C17H14FN5OS/c18-11-7-8(24)1-2-9(11)10-3-4-12-15-13(25-22-16(10)15)5-6-14-20-17(19)21-23(12)14/h1-2,4,7,10,24H,3,5-6H2,(H2,19,21). The Morgan fingerprint density at radius 3 is 3.04 bits per heavy atom. The summed E-state index contributed by atoms with van der Waals surface area (Å²) in [5.41, 5.74) is 9.14. The third kappa shape index (κ3) is 2.10. The van der Waals surface area contributed by atoms with Crippen molar-refractivity contribution in [3.05, 3.63) is 57.6 Å². The van der Waals surface area contributed by atoms with Crippen LogP contribution in [0.25, 0.3) is 5.70 Å². The maximum atomic E-state index is 14.4. The molecule has 0 saturated heterocycles. The van der Waals surface area contributed by atoms with Crippen LogP contribution in [0.4, 0.5) is 10.3 Å². The minimum atomic E-state index is -0.414. The number of aromatic hydroxyl groups is 1. The van der Waals surface area contributed by atoms with E-state index in [0.29, 0.717) is 12.0 Å². The van der Waals surface area contributed by atoms with Crippen LogP contribution >= 0.6 is 11.5 Å². The number of hydrogen-bond donors (Lipinski definition) is 2. The third-order valence-electron chi connectivity index (χ3n) is 4.78. The van der Waals surface area contributed by atoms with Crippen molar-refractivity contribution in [3.63, 3.8) is 0 Å². The molecular weight excluding hydrogens is 341 g/mol. The van der Waals surface area contributed by atoms with Crippen LogP contribution in [0.2, 0.25) is 0 Å². The summed E-state index contributed by atoms with van der Waals surface area (Å²) in [5.74, 6) is 0.436. The molecule has 25 heavy (non-hydrogen) atoms. The number of anilines is 1. The van der Waals surface area contributed by atoms with Gasteiger partial charge >= 0.3 is 0 Å². The van der Waals surface area contributed by atoms with E-state index in [-0.39, 0.29) is 17.6 Å². The number of phenols is 1. The molecule has 126 valence electrons. The van der Waals surface area contributed by atoms with Crippen LogP contribution in [0.3, 0.4) is 0 Å². The summed E-state index contributed by atoms with van der Waals surface area (Å²) in [6, 6.07) is 4.30. The molecule has 0 spiro atoms. The van der Waals surface area contributed by atoms with Gasteiger partial charge in [-0.2, -0.15) is 9.36 Å². The number of benzene rings is 1. The fraction of sp³-hybridized carbons (Fsp3) is 0.235. The third-order valence-corrected chi connectivity index (χ3v) is 5.69. The molecule has 0 saturated carbocycles. The maximum Gasteiger partial charge on any atom is 0.240 e. The van der Waals surface area contributed by atoms with E-state index in [4.69, 9.17) is 5.73 Å². The number of nitrogens with zero attached hydrogens (tertiary/aromatic N) is 4. The molecule has 0 fully saturated rings. The molecule has 0 bridgehead atoms. The predicted octanol–water partition coefficient (Wildman–Crippen LogP) is 2.68. The largest absolute Gasteiger partial charge is 0.508 e. The van der Waals surface area contributed by atoms with Gasteiger partial charge in [0.2, 0.25) is 5.95 Å². The van der Waals surface area contributed by atoms with Gasteiger partial charge in [-0.15, -0.1) is 5.10 Å². The summed E-state index contributed by atoms with van der Waals surface area (Å²) >= 11 is 1.46. The molecule has 1 aliphatic heterocycles. The van der Waals surface area contributed by atoms with E-state index in [1.807, 2.05) is 0 Å². The normalized spacial score (nSPS) is 18.3. The van der Waals surface area contributed by atoms with E-state index in [1.54, 1.807) is 10.7 Å². The van der Waals surface area contributed by atoms with Gasteiger partial charge in [0.25, 0.3) is 0 Å². The lowest BCUT2D eigenvalue weighted by Crippen LogP contribution is -2.14. The van der Waals surface area contributed by atoms with Crippen molar-refractivity contribution in [2.24, 2.45) is 0 Å². The van der Waals surface area contributed by atoms with Gasteiger partial charge in [0.1, 0.15) is 17.4 Å². The molecule has 2 aliphatic rings. The second kappa shape index (κ2) is 5.13. The summed E-state index contributed by atoms with van der Waals surface area (Å²) in [6.45, 7) is 0. The first kappa shape index (κ1) is 14.6. The summed E-state index contributed by atoms with van der Waals surface area (Å²) in [6.07, 6.45) is 4.22. The van der Waals surface area contributed by atoms with Crippen molar-refractivity contribution < 1.29 is 9.50 Å². The fourth-order valence-electron chi connectivity index (χ4n) is 3.67. The Hall–Kier alpha value is -2.74. The van der Waals surface area contributed by atoms with E-state index >= 15 is 0 Å². The van der Waals surface area contributed by atoms with Crippen LogP contribution in [0.5, 0.6) is 5.75 Å². The van der Waals surface area contributed by atoms with Gasteiger partial charge in [0.15, 0.2) is 0 Å². The number of allylic oxidation sites excluding steroid dienone is 1. The lowest BCUT2D eigenvalue weighted by molar-refractivity contribution is 0.467. The van der Waals surface area contributed by atoms with Crippen LogP contribution in [0, 0.1) is 5.82 Å². The minimum Gasteiger partial charge on any atom is -0.508 e. The highest BCUT2D eigenvalue weighted by Crippen LogP contribution is 2.44. The first-order valence-electron chi connectivity index (χ1n) is 8.01. The molecule has 1 aromatic carbocycles. The fourth-order valence-corrected chi connectivity index (χ4v) is 4.59. The predicted molar refractivity (Wildman–Crippen MR) is 91.9 cm³/mol. The van der Waals surface area contributed by atoms with Crippen molar-refractivity contribution in [2.75, 3.05) is 5.73 Å². The molecule has 1 unspecified atom stereocenters. The van der Waals surface area contributed by atoms with E-state index < -0.39 is 5.82 Å². The van der Waals surface area contributed by atoms with Crippen LogP contribution in [-0.2, 0) is 12.8 Å². The average molecular weight is 355 g/mol. The molecule has 1 aliphatic carbocycles. The number of hydrogen-bond acceptors (Lipinski definition) is 6. The zero-order valence-corrected chi connectivity index (χ0v) is 13.9. The zero-order valence-electron chi connectivity index (χ0n) is 13.1. The summed E-state index contributed by atoms with van der Waals surface area (Å²) in [4.78, 5) is 5.48. The molecule has 3 heterocycles. The zero-order chi connectivity index (χ0) is 17.1. The van der Waals surface area contributed by atoms with Gasteiger partial charge in [-0.3, -0.25) is 0 Å². The van der Waals surface area contributed by atoms with Gasteiger partial charge in [-0.25, -0.2) is 9.07 Å². The van der Waals surface area contributed by atoms with Crippen molar-refractivity contribution in [1.29, 1.82) is 0 Å². The molecule has 1 atom stereocenters. The lowest BCUT2D eigenvalue weighted by atomic mass is 9.84. The van der Waals surface area contributed by atoms with Crippen LogP contribution in [-0.4, -0.2) is 24.2 Å². The molecule has 3 aromatic rings. The molecule has 0 radical (unpaired) electrons. The van der Waals surface area contributed by atoms with E-state index in [1.165, 1.54) is 17.6 Å². The van der Waals surface area contributed by atoms with Crippen LogP contribution in [0.15, 0.2) is 24.3 Å². The smallest absolute Gasteiger partial charge is 0.240 e. The SMILES string of the molecule is Nc1nc2n(n1)C1=CCC(c3ccc(O)cc3F)c3nsc(c31)CC2. The number of rotatable bonds is 1.